The van der Waals surface area contributed by atoms with Crippen LogP contribution in [0.25, 0.3) is 0 Å². The van der Waals surface area contributed by atoms with Crippen LogP contribution < -0.4 is 5.14 Å². The van der Waals surface area contributed by atoms with Crippen molar-refractivity contribution in [3.63, 3.8) is 0 Å². The van der Waals surface area contributed by atoms with Crippen molar-refractivity contribution in [1.29, 1.82) is 0 Å². The molecule has 16 heavy (non-hydrogen) atoms. The summed E-state index contributed by atoms with van der Waals surface area (Å²) in [7, 11) is -2.01. The number of hydrogen-bond acceptors (Lipinski definition) is 3. The standard InChI is InChI=1S/C10H20N2O3S/c1-4-5-8(2)12(16(11,13)14)9-6-10(7-9)15-3/h4,8-10H,1,5-7H2,2-3H3,(H2,11,13,14)/t8-,9?,10?/m0/s1. The minimum Gasteiger partial charge on any atom is -0.381 e. The highest BCUT2D eigenvalue weighted by Crippen LogP contribution is 2.31. The highest BCUT2D eigenvalue weighted by molar-refractivity contribution is 7.86. The summed E-state index contributed by atoms with van der Waals surface area (Å²) < 4.78 is 29.5. The summed E-state index contributed by atoms with van der Waals surface area (Å²) in [5, 5.41) is 5.23. The Kier molecular flexibility index (Phi) is 4.49. The molecule has 1 saturated carbocycles. The molecule has 2 N–H and O–H groups in total. The molecule has 5 nitrogen and oxygen atoms in total. The van der Waals surface area contributed by atoms with Gasteiger partial charge < -0.3 is 4.74 Å². The summed E-state index contributed by atoms with van der Waals surface area (Å²) in [5.41, 5.74) is 0. The highest BCUT2D eigenvalue weighted by atomic mass is 32.2. The number of hydrogen-bond donors (Lipinski definition) is 1. The minimum atomic E-state index is -3.65. The number of ether oxygens (including phenoxy) is 1. The Hall–Kier alpha value is -0.430. The van der Waals surface area contributed by atoms with Gasteiger partial charge in [0.15, 0.2) is 0 Å². The Balaban J connectivity index is 2.70. The number of nitrogens with zero attached hydrogens (tertiary/aromatic N) is 1. The van der Waals surface area contributed by atoms with Gasteiger partial charge >= 0.3 is 0 Å². The first-order valence-corrected chi connectivity index (χ1v) is 6.85. The zero-order chi connectivity index (χ0) is 12.3. The molecule has 0 saturated heterocycles. The number of methoxy groups -OCH3 is 1. The molecule has 0 aromatic heterocycles. The van der Waals surface area contributed by atoms with E-state index in [4.69, 9.17) is 9.88 Å². The zero-order valence-corrected chi connectivity index (χ0v) is 10.6. The van der Waals surface area contributed by atoms with Crippen molar-refractivity contribution >= 4 is 10.2 Å². The lowest BCUT2D eigenvalue weighted by Crippen LogP contribution is -2.55. The van der Waals surface area contributed by atoms with Crippen LogP contribution in [-0.2, 0) is 14.9 Å². The smallest absolute Gasteiger partial charge is 0.277 e. The number of nitrogens with two attached hydrogens (primary N) is 1. The summed E-state index contributed by atoms with van der Waals surface area (Å²) >= 11 is 0. The molecule has 6 heteroatoms. The van der Waals surface area contributed by atoms with Crippen LogP contribution in [0.15, 0.2) is 12.7 Å². The first-order valence-electron chi connectivity index (χ1n) is 5.35. The third-order valence-electron chi connectivity index (χ3n) is 3.00. The maximum absolute atomic E-state index is 11.5. The molecule has 1 fully saturated rings. The topological polar surface area (TPSA) is 72.6 Å². The van der Waals surface area contributed by atoms with Crippen LogP contribution >= 0.6 is 0 Å². The van der Waals surface area contributed by atoms with Crippen molar-refractivity contribution < 1.29 is 13.2 Å². The molecule has 1 atom stereocenters. The van der Waals surface area contributed by atoms with Gasteiger partial charge in [-0.05, 0) is 26.2 Å². The molecule has 0 unspecified atom stereocenters. The predicted molar refractivity (Wildman–Crippen MR) is 63.0 cm³/mol. The van der Waals surface area contributed by atoms with Crippen LogP contribution in [0.3, 0.4) is 0 Å². The van der Waals surface area contributed by atoms with Gasteiger partial charge in [-0.15, -0.1) is 6.58 Å². The molecular formula is C10H20N2O3S. The normalized spacial score (nSPS) is 27.5. The summed E-state index contributed by atoms with van der Waals surface area (Å²) in [6.07, 6.45) is 3.90. The lowest BCUT2D eigenvalue weighted by molar-refractivity contribution is -0.0107. The molecule has 0 spiro atoms. The van der Waals surface area contributed by atoms with E-state index in [2.05, 4.69) is 6.58 Å². The number of rotatable bonds is 6. The van der Waals surface area contributed by atoms with Crippen molar-refractivity contribution in [2.45, 2.75) is 44.4 Å². The van der Waals surface area contributed by atoms with Gasteiger partial charge in [-0.25, -0.2) is 5.14 Å². The van der Waals surface area contributed by atoms with Gasteiger partial charge in [0.25, 0.3) is 10.2 Å². The predicted octanol–water partition coefficient (Wildman–Crippen LogP) is 0.634. The second kappa shape index (κ2) is 5.27. The van der Waals surface area contributed by atoms with E-state index in [1.165, 1.54) is 4.31 Å². The summed E-state index contributed by atoms with van der Waals surface area (Å²) in [6.45, 7) is 5.45. The monoisotopic (exact) mass is 248 g/mol. The van der Waals surface area contributed by atoms with E-state index in [1.807, 2.05) is 6.92 Å². The maximum atomic E-state index is 11.5. The van der Waals surface area contributed by atoms with Crippen molar-refractivity contribution in [2.24, 2.45) is 5.14 Å². The van der Waals surface area contributed by atoms with Gasteiger partial charge in [-0.3, -0.25) is 0 Å². The van der Waals surface area contributed by atoms with Gasteiger partial charge in [-0.2, -0.15) is 12.7 Å². The van der Waals surface area contributed by atoms with Crippen LogP contribution in [0, 0.1) is 0 Å². The van der Waals surface area contributed by atoms with E-state index in [1.54, 1.807) is 13.2 Å². The first-order chi connectivity index (χ1) is 7.40. The molecular weight excluding hydrogens is 228 g/mol. The van der Waals surface area contributed by atoms with Crippen LogP contribution in [0.4, 0.5) is 0 Å². The Labute approximate surface area is 97.4 Å². The van der Waals surface area contributed by atoms with E-state index in [-0.39, 0.29) is 18.2 Å². The van der Waals surface area contributed by atoms with E-state index in [0.29, 0.717) is 19.3 Å². The van der Waals surface area contributed by atoms with Gasteiger partial charge in [0.05, 0.1) is 6.10 Å². The fourth-order valence-corrected chi connectivity index (χ4v) is 3.28. The lowest BCUT2D eigenvalue weighted by atomic mass is 9.88. The third-order valence-corrected chi connectivity index (χ3v) is 4.24. The maximum Gasteiger partial charge on any atom is 0.277 e. The molecule has 1 aliphatic carbocycles. The molecule has 0 radical (unpaired) electrons. The van der Waals surface area contributed by atoms with Gasteiger partial charge in [0.1, 0.15) is 0 Å². The molecule has 94 valence electrons. The molecule has 1 aliphatic rings. The second-order valence-corrected chi connectivity index (χ2v) is 5.68. The van der Waals surface area contributed by atoms with Crippen LogP contribution in [0.1, 0.15) is 26.2 Å². The largest absolute Gasteiger partial charge is 0.381 e. The van der Waals surface area contributed by atoms with Crippen molar-refractivity contribution in [1.82, 2.24) is 4.31 Å². The van der Waals surface area contributed by atoms with Gasteiger partial charge in [-0.1, -0.05) is 6.08 Å². The Morgan fingerprint density at radius 1 is 1.62 bits per heavy atom. The van der Waals surface area contributed by atoms with Crippen molar-refractivity contribution in [2.75, 3.05) is 7.11 Å². The van der Waals surface area contributed by atoms with Crippen LogP contribution in [0.2, 0.25) is 0 Å². The first kappa shape index (κ1) is 13.6. The van der Waals surface area contributed by atoms with Gasteiger partial charge in [0, 0.05) is 19.2 Å². The van der Waals surface area contributed by atoms with Gasteiger partial charge in [0.2, 0.25) is 0 Å². The molecule has 0 aromatic rings. The average molecular weight is 248 g/mol. The summed E-state index contributed by atoms with van der Waals surface area (Å²) in [6, 6.07) is -0.176. The lowest BCUT2D eigenvalue weighted by Gasteiger charge is -2.42. The third kappa shape index (κ3) is 3.04. The van der Waals surface area contributed by atoms with E-state index in [9.17, 15) is 8.42 Å². The molecule has 0 bridgehead atoms. The van der Waals surface area contributed by atoms with Crippen molar-refractivity contribution in [3.05, 3.63) is 12.7 Å². The second-order valence-electron chi connectivity index (χ2n) is 4.23. The Bertz CT molecular complexity index is 336. The van der Waals surface area contributed by atoms with Crippen molar-refractivity contribution in [3.8, 4) is 0 Å². The molecule has 0 amide bonds. The fraction of sp³-hybridized carbons (Fsp3) is 0.800. The van der Waals surface area contributed by atoms with E-state index in [0.717, 1.165) is 0 Å². The minimum absolute atomic E-state index is 0.0325. The average Bonchev–Trinajstić information content (AvgIpc) is 2.08. The van der Waals surface area contributed by atoms with E-state index < -0.39 is 10.2 Å². The quantitative estimate of drug-likeness (QED) is 0.701. The molecule has 0 aliphatic heterocycles. The van der Waals surface area contributed by atoms with Crippen LogP contribution in [0.5, 0.6) is 0 Å². The Morgan fingerprint density at radius 2 is 2.19 bits per heavy atom. The summed E-state index contributed by atoms with van der Waals surface area (Å²) in [5.74, 6) is 0. The summed E-state index contributed by atoms with van der Waals surface area (Å²) in [4.78, 5) is 0. The SMILES string of the molecule is C=CC[C@H](C)N(C1CC(OC)C1)S(N)(=O)=O. The zero-order valence-electron chi connectivity index (χ0n) is 9.80. The van der Waals surface area contributed by atoms with E-state index >= 15 is 0 Å². The van der Waals surface area contributed by atoms with Crippen LogP contribution in [-0.4, -0.2) is 38.0 Å². The molecule has 0 heterocycles. The Morgan fingerprint density at radius 3 is 2.56 bits per heavy atom. The molecule has 1 rings (SSSR count). The highest BCUT2D eigenvalue weighted by Gasteiger charge is 2.40. The fourth-order valence-electron chi connectivity index (χ4n) is 2.10. The molecule has 0 aromatic carbocycles.